The van der Waals surface area contributed by atoms with Crippen LogP contribution in [-0.2, 0) is 24.0 Å². The monoisotopic (exact) mass is 628 g/mol. The molecule has 1 aliphatic heterocycles. The molecule has 3 aliphatic carbocycles. The lowest BCUT2D eigenvalue weighted by atomic mass is 9.86. The highest BCUT2D eigenvalue weighted by atomic mass is 16.7. The summed E-state index contributed by atoms with van der Waals surface area (Å²) in [7, 11) is 0. The van der Waals surface area contributed by atoms with Crippen molar-refractivity contribution in [2.75, 3.05) is 0 Å². The van der Waals surface area contributed by atoms with Crippen LogP contribution in [0.1, 0.15) is 193 Å². The average Bonchev–Trinajstić information content (AvgIpc) is 3.57. The van der Waals surface area contributed by atoms with Gasteiger partial charge in [-0.25, -0.2) is 4.79 Å². The number of carbonyl (C=O) groups is 4. The van der Waals surface area contributed by atoms with Gasteiger partial charge in [-0.15, -0.1) is 5.06 Å². The number of hydrogen-bond donors (Lipinski definition) is 1. The molecular weight excluding hydrogens is 564 g/mol. The summed E-state index contributed by atoms with van der Waals surface area (Å²) >= 11 is 0. The first-order valence-electron chi connectivity index (χ1n) is 19.3. The molecule has 7 nitrogen and oxygen atoms in total. The number of unbranched alkanes of at least 4 members (excludes halogenated alkanes) is 4. The standard InChI is InChI=1S/C38H64N2O5/c41-34(22-17-23-37(44)45-40-35(42)26-27-36(40)43)39-33-21-14-7-3-1-2-5-11-18-31(24-25-33)19-12-6-4-9-15-28-38-29-16-10-8-13-20-32(38)30-38/h31-33H,1-30H2,(H,39,41). The Hall–Kier alpha value is -1.92. The first-order valence-corrected chi connectivity index (χ1v) is 19.3. The fourth-order valence-corrected chi connectivity index (χ4v) is 8.60. The van der Waals surface area contributed by atoms with Crippen molar-refractivity contribution >= 4 is 23.7 Å². The van der Waals surface area contributed by atoms with Crippen molar-refractivity contribution in [2.45, 2.75) is 199 Å². The van der Waals surface area contributed by atoms with Crippen LogP contribution in [0.15, 0.2) is 0 Å². The first kappa shape index (κ1) is 35.9. The van der Waals surface area contributed by atoms with Gasteiger partial charge in [0.2, 0.25) is 5.91 Å². The molecule has 4 unspecified atom stereocenters. The van der Waals surface area contributed by atoms with Crippen molar-refractivity contribution in [1.29, 1.82) is 0 Å². The number of imide groups is 1. The van der Waals surface area contributed by atoms with Crippen molar-refractivity contribution in [3.8, 4) is 0 Å². The molecule has 1 saturated heterocycles. The molecule has 0 radical (unpaired) electrons. The molecule has 4 rings (SSSR count). The van der Waals surface area contributed by atoms with E-state index in [0.29, 0.717) is 11.5 Å². The van der Waals surface area contributed by atoms with Gasteiger partial charge in [-0.1, -0.05) is 116 Å². The van der Waals surface area contributed by atoms with E-state index in [2.05, 4.69) is 5.32 Å². The Morgan fingerprint density at radius 1 is 0.689 bits per heavy atom. The van der Waals surface area contributed by atoms with Crippen LogP contribution >= 0.6 is 0 Å². The number of rotatable bonds is 14. The zero-order valence-electron chi connectivity index (χ0n) is 28.4. The highest BCUT2D eigenvalue weighted by Gasteiger charge is 2.51. The van der Waals surface area contributed by atoms with E-state index in [1.807, 2.05) is 0 Å². The van der Waals surface area contributed by atoms with Crippen LogP contribution in [0.3, 0.4) is 0 Å². The number of hydrogen-bond acceptors (Lipinski definition) is 5. The topological polar surface area (TPSA) is 92.8 Å². The zero-order valence-corrected chi connectivity index (χ0v) is 28.4. The highest BCUT2D eigenvalue weighted by Crippen LogP contribution is 2.62. The Bertz CT molecular complexity index is 921. The summed E-state index contributed by atoms with van der Waals surface area (Å²) in [4.78, 5) is 53.2. The van der Waals surface area contributed by atoms with Gasteiger partial charge in [0, 0.05) is 31.7 Å². The van der Waals surface area contributed by atoms with E-state index in [9.17, 15) is 19.2 Å². The number of amides is 3. The third kappa shape index (κ3) is 13.0. The van der Waals surface area contributed by atoms with Gasteiger partial charge in [-0.05, 0) is 68.6 Å². The van der Waals surface area contributed by atoms with E-state index in [1.54, 1.807) is 0 Å². The van der Waals surface area contributed by atoms with Gasteiger partial charge in [0.15, 0.2) is 0 Å². The van der Waals surface area contributed by atoms with Crippen LogP contribution in [0.4, 0.5) is 0 Å². The molecule has 0 aromatic heterocycles. The van der Waals surface area contributed by atoms with Gasteiger partial charge >= 0.3 is 5.97 Å². The molecule has 0 aromatic carbocycles. The summed E-state index contributed by atoms with van der Waals surface area (Å²) in [6.45, 7) is 0. The van der Waals surface area contributed by atoms with Crippen molar-refractivity contribution < 1.29 is 24.0 Å². The quantitative estimate of drug-likeness (QED) is 0.153. The van der Waals surface area contributed by atoms with Crippen LogP contribution in [0.2, 0.25) is 0 Å². The normalized spacial score (nSPS) is 28.5. The van der Waals surface area contributed by atoms with Gasteiger partial charge in [0.1, 0.15) is 0 Å². The van der Waals surface area contributed by atoms with E-state index in [-0.39, 0.29) is 37.6 Å². The molecule has 1 heterocycles. The van der Waals surface area contributed by atoms with Crippen molar-refractivity contribution in [3.05, 3.63) is 0 Å². The summed E-state index contributed by atoms with van der Waals surface area (Å²) in [5.74, 6) is 0.224. The number of hydroxylamine groups is 2. The number of nitrogens with one attached hydrogen (secondary N) is 1. The lowest BCUT2D eigenvalue weighted by Crippen LogP contribution is -2.35. The number of nitrogens with zero attached hydrogens (tertiary/aromatic N) is 1. The lowest BCUT2D eigenvalue weighted by molar-refractivity contribution is -0.197. The van der Waals surface area contributed by atoms with Gasteiger partial charge in [-0.2, -0.15) is 0 Å². The maximum atomic E-state index is 12.8. The molecule has 4 atom stereocenters. The molecule has 4 aliphatic rings. The third-order valence-electron chi connectivity index (χ3n) is 11.6. The van der Waals surface area contributed by atoms with E-state index in [0.717, 1.165) is 36.5 Å². The third-order valence-corrected chi connectivity index (χ3v) is 11.6. The summed E-state index contributed by atoms with van der Waals surface area (Å²) in [6, 6.07) is 0.200. The van der Waals surface area contributed by atoms with Crippen molar-refractivity contribution in [2.24, 2.45) is 17.3 Å². The summed E-state index contributed by atoms with van der Waals surface area (Å²) < 4.78 is 0. The fourth-order valence-electron chi connectivity index (χ4n) is 8.60. The molecule has 3 saturated carbocycles. The van der Waals surface area contributed by atoms with E-state index in [1.165, 1.54) is 141 Å². The van der Waals surface area contributed by atoms with Gasteiger partial charge < -0.3 is 10.2 Å². The second-order valence-electron chi connectivity index (χ2n) is 15.2. The van der Waals surface area contributed by atoms with Crippen molar-refractivity contribution in [1.82, 2.24) is 10.4 Å². The molecule has 3 amide bonds. The Morgan fingerprint density at radius 3 is 2.11 bits per heavy atom. The SMILES string of the molecule is O=C(CCCC(=O)ON1C(=O)CCC1=O)NC1CCCCCCCCCC(CCCCCCCC23CCCCCCC2C3)CC1. The second-order valence-corrected chi connectivity index (χ2v) is 15.2. The smallest absolute Gasteiger partial charge is 0.333 e. The summed E-state index contributed by atoms with van der Waals surface area (Å²) in [6.07, 6.45) is 34.7. The Balaban J connectivity index is 1.11. The first-order chi connectivity index (χ1) is 21.9. The molecule has 0 aromatic rings. The number of carbonyl (C=O) groups excluding carboxylic acids is 4. The summed E-state index contributed by atoms with van der Waals surface area (Å²) in [5, 5.41) is 3.87. The molecule has 4 fully saturated rings. The molecule has 256 valence electrons. The van der Waals surface area contributed by atoms with E-state index in [4.69, 9.17) is 4.84 Å². The minimum Gasteiger partial charge on any atom is -0.353 e. The van der Waals surface area contributed by atoms with Gasteiger partial charge in [-0.3, -0.25) is 14.4 Å². The molecule has 7 heteroatoms. The van der Waals surface area contributed by atoms with Gasteiger partial charge in [0.25, 0.3) is 11.8 Å². The maximum absolute atomic E-state index is 12.8. The van der Waals surface area contributed by atoms with Crippen LogP contribution in [-0.4, -0.2) is 34.8 Å². The van der Waals surface area contributed by atoms with Crippen LogP contribution in [0.5, 0.6) is 0 Å². The summed E-state index contributed by atoms with van der Waals surface area (Å²) in [5.41, 5.74) is 0.765. The van der Waals surface area contributed by atoms with E-state index >= 15 is 0 Å². The highest BCUT2D eigenvalue weighted by molar-refractivity contribution is 6.01. The van der Waals surface area contributed by atoms with Crippen LogP contribution in [0.25, 0.3) is 0 Å². The number of fused-ring (bicyclic) bond motifs is 1. The second kappa shape index (κ2) is 19.7. The zero-order chi connectivity index (χ0) is 31.7. The minimum absolute atomic E-state index is 0.0125. The van der Waals surface area contributed by atoms with Crippen LogP contribution < -0.4 is 5.32 Å². The molecule has 0 spiro atoms. The van der Waals surface area contributed by atoms with Gasteiger partial charge in [0.05, 0.1) is 0 Å². The van der Waals surface area contributed by atoms with Crippen molar-refractivity contribution in [3.63, 3.8) is 0 Å². The van der Waals surface area contributed by atoms with Crippen LogP contribution in [0, 0.1) is 17.3 Å². The molecule has 1 N–H and O–H groups in total. The minimum atomic E-state index is -0.636. The molecule has 0 bridgehead atoms. The van der Waals surface area contributed by atoms with E-state index < -0.39 is 17.8 Å². The fraction of sp³-hybridized carbons (Fsp3) is 0.895. The molecule has 45 heavy (non-hydrogen) atoms. The Kier molecular flexibility index (Phi) is 15.7. The average molecular weight is 629 g/mol. The Morgan fingerprint density at radius 2 is 1.33 bits per heavy atom. The predicted molar refractivity (Wildman–Crippen MR) is 178 cm³/mol. The largest absolute Gasteiger partial charge is 0.353 e. The predicted octanol–water partition coefficient (Wildman–Crippen LogP) is 9.26. The lowest BCUT2D eigenvalue weighted by Gasteiger charge is -2.23. The molecular formula is C38H64N2O5. The maximum Gasteiger partial charge on any atom is 0.333 e. The Labute approximate surface area is 273 Å².